The Morgan fingerprint density at radius 2 is 2.00 bits per heavy atom. The highest BCUT2D eigenvalue weighted by atomic mass is 32.2. The zero-order valence-corrected chi connectivity index (χ0v) is 15.2. The van der Waals surface area contributed by atoms with Crippen molar-refractivity contribution >= 4 is 39.8 Å². The van der Waals surface area contributed by atoms with Crippen molar-refractivity contribution in [3.8, 4) is 0 Å². The number of pyridine rings is 1. The zero-order chi connectivity index (χ0) is 18.6. The van der Waals surface area contributed by atoms with E-state index in [0.29, 0.717) is 10.1 Å². The van der Waals surface area contributed by atoms with Crippen LogP contribution in [0.4, 0.5) is 0 Å². The number of hydrogen-bond donors (Lipinski definition) is 2. The molecule has 1 aliphatic rings. The molecule has 1 atom stereocenters. The van der Waals surface area contributed by atoms with Crippen LogP contribution in [0.5, 0.6) is 0 Å². The van der Waals surface area contributed by atoms with Gasteiger partial charge in [-0.3, -0.25) is 14.8 Å². The van der Waals surface area contributed by atoms with Gasteiger partial charge in [0.2, 0.25) is 0 Å². The number of aliphatic hydroxyl groups excluding tert-OH is 1. The van der Waals surface area contributed by atoms with Crippen LogP contribution in [0.15, 0.2) is 76.8 Å². The summed E-state index contributed by atoms with van der Waals surface area (Å²) in [6.07, 6.45) is 3.60. The molecule has 1 fully saturated rings. The summed E-state index contributed by atoms with van der Waals surface area (Å²) in [5.41, 5.74) is 2.75. The molecule has 1 aromatic heterocycles. The molecule has 134 valence electrons. The van der Waals surface area contributed by atoms with E-state index in [1.54, 1.807) is 6.20 Å². The van der Waals surface area contributed by atoms with Gasteiger partial charge in [-0.25, -0.2) is 0 Å². The number of benzene rings is 2. The van der Waals surface area contributed by atoms with Gasteiger partial charge in [0.1, 0.15) is 6.04 Å². The van der Waals surface area contributed by atoms with E-state index in [4.69, 9.17) is 0 Å². The Hall–Kier alpha value is -2.96. The Morgan fingerprint density at radius 1 is 1.15 bits per heavy atom. The number of nitrogens with zero attached hydrogens (tertiary/aromatic N) is 2. The monoisotopic (exact) mass is 375 g/mol. The first kappa shape index (κ1) is 17.5. The summed E-state index contributed by atoms with van der Waals surface area (Å²) >= 11 is 1.28. The lowest BCUT2D eigenvalue weighted by atomic mass is 10.1. The second kappa shape index (κ2) is 7.73. The lowest BCUT2D eigenvalue weighted by Gasteiger charge is -2.10. The third-order valence-corrected chi connectivity index (χ3v) is 5.13. The first-order chi connectivity index (χ1) is 13.2. The number of aliphatic hydroxyl groups is 1. The van der Waals surface area contributed by atoms with Gasteiger partial charge in [0, 0.05) is 11.6 Å². The minimum Gasteiger partial charge on any atom is -0.394 e. The quantitative estimate of drug-likeness (QED) is 0.684. The number of aromatic nitrogens is 1. The molecule has 1 amide bonds. The summed E-state index contributed by atoms with van der Waals surface area (Å²) in [4.78, 5) is 21.7. The van der Waals surface area contributed by atoms with Crippen molar-refractivity contribution in [3.05, 3.63) is 82.9 Å². The van der Waals surface area contributed by atoms with Gasteiger partial charge in [-0.05, 0) is 47.2 Å². The largest absolute Gasteiger partial charge is 0.394 e. The van der Waals surface area contributed by atoms with E-state index < -0.39 is 6.04 Å². The van der Waals surface area contributed by atoms with E-state index >= 15 is 0 Å². The number of fused-ring (bicyclic) bond motifs is 1. The average molecular weight is 375 g/mol. The Bertz CT molecular complexity index is 1050. The number of rotatable bonds is 4. The van der Waals surface area contributed by atoms with Crippen LogP contribution < -0.4 is 5.32 Å². The highest BCUT2D eigenvalue weighted by molar-refractivity contribution is 8.18. The number of carbonyl (C=O) groups excluding carboxylic acids is 1. The van der Waals surface area contributed by atoms with Crippen LogP contribution in [0.25, 0.3) is 17.0 Å². The summed E-state index contributed by atoms with van der Waals surface area (Å²) in [7, 11) is 0. The van der Waals surface area contributed by atoms with Gasteiger partial charge < -0.3 is 10.4 Å². The average Bonchev–Trinajstić information content (AvgIpc) is 3.05. The van der Waals surface area contributed by atoms with Crippen molar-refractivity contribution in [1.82, 2.24) is 10.3 Å². The van der Waals surface area contributed by atoms with Crippen LogP contribution in [0.2, 0.25) is 0 Å². The van der Waals surface area contributed by atoms with E-state index in [9.17, 15) is 9.90 Å². The van der Waals surface area contributed by atoms with Crippen LogP contribution in [0, 0.1) is 0 Å². The fraction of sp³-hybridized carbons (Fsp3) is 0.0952. The van der Waals surface area contributed by atoms with E-state index in [1.165, 1.54) is 11.8 Å². The van der Waals surface area contributed by atoms with Crippen LogP contribution in [0.1, 0.15) is 17.2 Å². The molecule has 0 saturated carbocycles. The van der Waals surface area contributed by atoms with Gasteiger partial charge in [-0.15, -0.1) is 0 Å². The minimum atomic E-state index is -0.403. The van der Waals surface area contributed by atoms with Gasteiger partial charge in [0.15, 0.2) is 5.17 Å². The molecule has 0 bridgehead atoms. The lowest BCUT2D eigenvalue weighted by Crippen LogP contribution is -2.21. The lowest BCUT2D eigenvalue weighted by molar-refractivity contribution is -0.115. The highest BCUT2D eigenvalue weighted by Gasteiger charge is 2.25. The molecule has 27 heavy (non-hydrogen) atoms. The molecule has 0 aliphatic carbocycles. The second-order valence-electron chi connectivity index (χ2n) is 6.06. The maximum Gasteiger partial charge on any atom is 0.264 e. The maximum absolute atomic E-state index is 12.3. The number of amides is 1. The zero-order valence-electron chi connectivity index (χ0n) is 14.4. The predicted molar refractivity (Wildman–Crippen MR) is 109 cm³/mol. The van der Waals surface area contributed by atoms with Gasteiger partial charge in [0.05, 0.1) is 17.0 Å². The topological polar surface area (TPSA) is 74.6 Å². The molecule has 1 unspecified atom stereocenters. The Morgan fingerprint density at radius 3 is 2.81 bits per heavy atom. The fourth-order valence-electron chi connectivity index (χ4n) is 2.86. The van der Waals surface area contributed by atoms with Gasteiger partial charge in [-0.2, -0.15) is 0 Å². The third-order valence-electron chi connectivity index (χ3n) is 4.21. The van der Waals surface area contributed by atoms with Crippen LogP contribution in [-0.2, 0) is 4.79 Å². The van der Waals surface area contributed by atoms with Crippen molar-refractivity contribution in [1.29, 1.82) is 0 Å². The molecule has 5 nitrogen and oxygen atoms in total. The third kappa shape index (κ3) is 3.92. The number of carbonyl (C=O) groups is 1. The molecule has 3 aromatic rings. The Labute approximate surface area is 160 Å². The fourth-order valence-corrected chi connectivity index (χ4v) is 3.73. The standard InChI is InChI=1S/C21H17N3O2S/c25-13-18(15-5-2-1-3-6-15)23-21-24-20(26)19(27-21)12-14-8-9-17-16(11-14)7-4-10-22-17/h1-12,18,25H,13H2,(H,23,24,26)/b19-12-. The first-order valence-corrected chi connectivity index (χ1v) is 9.34. The van der Waals surface area contributed by atoms with E-state index in [2.05, 4.69) is 15.3 Å². The first-order valence-electron chi connectivity index (χ1n) is 8.52. The molecular formula is C21H17N3O2S. The van der Waals surface area contributed by atoms with Gasteiger partial charge >= 0.3 is 0 Å². The molecule has 1 aliphatic heterocycles. The number of aliphatic imine (C=N–C) groups is 1. The van der Waals surface area contributed by atoms with E-state index in [1.807, 2.05) is 66.7 Å². The Balaban J connectivity index is 1.58. The normalized spacial score (nSPS) is 18.2. The molecule has 2 aromatic carbocycles. The molecule has 0 spiro atoms. The number of nitrogens with one attached hydrogen (secondary N) is 1. The smallest absolute Gasteiger partial charge is 0.264 e. The van der Waals surface area contributed by atoms with E-state index in [-0.39, 0.29) is 12.5 Å². The second-order valence-corrected chi connectivity index (χ2v) is 7.09. The van der Waals surface area contributed by atoms with Crippen molar-refractivity contribution in [3.63, 3.8) is 0 Å². The van der Waals surface area contributed by atoms with E-state index in [0.717, 1.165) is 22.0 Å². The van der Waals surface area contributed by atoms with Crippen LogP contribution in [0.3, 0.4) is 0 Å². The predicted octanol–water partition coefficient (Wildman–Crippen LogP) is 3.53. The van der Waals surface area contributed by atoms with Crippen LogP contribution >= 0.6 is 11.8 Å². The van der Waals surface area contributed by atoms with Crippen molar-refractivity contribution in [2.75, 3.05) is 6.61 Å². The van der Waals surface area contributed by atoms with Gasteiger partial charge in [0.25, 0.3) is 5.91 Å². The summed E-state index contributed by atoms with van der Waals surface area (Å²) in [5, 5.41) is 14.0. The molecule has 2 heterocycles. The summed E-state index contributed by atoms with van der Waals surface area (Å²) in [5.74, 6) is -0.185. The molecule has 2 N–H and O–H groups in total. The van der Waals surface area contributed by atoms with Crippen molar-refractivity contribution < 1.29 is 9.90 Å². The molecular weight excluding hydrogens is 358 g/mol. The molecule has 4 rings (SSSR count). The maximum atomic E-state index is 12.3. The molecule has 1 saturated heterocycles. The summed E-state index contributed by atoms with van der Waals surface area (Å²) < 4.78 is 0. The SMILES string of the molecule is O=C1NC(=NC(CO)c2ccccc2)S/C1=C\c1ccc2ncccc2c1. The number of hydrogen-bond acceptors (Lipinski definition) is 5. The van der Waals surface area contributed by atoms with Crippen molar-refractivity contribution in [2.24, 2.45) is 4.99 Å². The highest BCUT2D eigenvalue weighted by Crippen LogP contribution is 2.29. The summed E-state index contributed by atoms with van der Waals surface area (Å²) in [6, 6.07) is 18.9. The summed E-state index contributed by atoms with van der Waals surface area (Å²) in [6.45, 7) is -0.124. The van der Waals surface area contributed by atoms with Crippen molar-refractivity contribution in [2.45, 2.75) is 6.04 Å². The molecule has 0 radical (unpaired) electrons. The number of thioether (sulfide) groups is 1. The van der Waals surface area contributed by atoms with Crippen LogP contribution in [-0.4, -0.2) is 27.8 Å². The minimum absolute atomic E-state index is 0.124. The number of amidine groups is 1. The van der Waals surface area contributed by atoms with Gasteiger partial charge in [-0.1, -0.05) is 42.5 Å². The Kier molecular flexibility index (Phi) is 5.00. The molecule has 6 heteroatoms.